The Balaban J connectivity index is 3.14. The standard InChI is InChI=1S/C28H51N9O7/c1-6-16(4)22(36-23(40)17(5)29)26(43)35-19(13-15(2)3)27(44)37-12-8-10-20(37)25(42)34-18(9-7-11-32-28(30)31)24(41)33-14-21(38)39/h15-20,22H,6-14,29H2,1-5H3,(H,33,41)(H,34,42)(H,35,43)(H,36,40)(H,38,39)(H4,30,31,32)/t16-,17-,18-,19-,20-,22-/m0/s1. The van der Waals surface area contributed by atoms with Crippen molar-refractivity contribution < 1.29 is 33.9 Å². The number of carbonyl (C=O) groups is 6. The highest BCUT2D eigenvalue weighted by molar-refractivity contribution is 5.96. The summed E-state index contributed by atoms with van der Waals surface area (Å²) in [5.41, 5.74) is 16.4. The number of carboxylic acid groups (broad SMARTS) is 1. The Hall–Kier alpha value is -3.95. The van der Waals surface area contributed by atoms with Gasteiger partial charge in [0.15, 0.2) is 5.96 Å². The number of nitrogens with zero attached hydrogens (tertiary/aromatic N) is 2. The van der Waals surface area contributed by atoms with E-state index in [9.17, 15) is 28.8 Å². The summed E-state index contributed by atoms with van der Waals surface area (Å²) >= 11 is 0. The van der Waals surface area contributed by atoms with Gasteiger partial charge in [-0.3, -0.25) is 33.8 Å². The van der Waals surface area contributed by atoms with Crippen LogP contribution in [0.1, 0.15) is 73.1 Å². The first-order chi connectivity index (χ1) is 20.6. The lowest BCUT2D eigenvalue weighted by atomic mass is 9.96. The van der Waals surface area contributed by atoms with Gasteiger partial charge in [0, 0.05) is 13.1 Å². The van der Waals surface area contributed by atoms with Gasteiger partial charge in [-0.15, -0.1) is 0 Å². The van der Waals surface area contributed by atoms with Crippen molar-refractivity contribution in [2.75, 3.05) is 19.6 Å². The molecule has 44 heavy (non-hydrogen) atoms. The predicted molar refractivity (Wildman–Crippen MR) is 164 cm³/mol. The lowest BCUT2D eigenvalue weighted by Gasteiger charge is -2.32. The molecule has 250 valence electrons. The second kappa shape index (κ2) is 18.7. The molecule has 16 heteroatoms. The summed E-state index contributed by atoms with van der Waals surface area (Å²) in [5, 5.41) is 19.3. The van der Waals surface area contributed by atoms with E-state index >= 15 is 0 Å². The quantitative estimate of drug-likeness (QED) is 0.0477. The van der Waals surface area contributed by atoms with Crippen molar-refractivity contribution in [3.8, 4) is 0 Å². The molecule has 1 fully saturated rings. The molecule has 16 nitrogen and oxygen atoms in total. The molecular weight excluding hydrogens is 574 g/mol. The van der Waals surface area contributed by atoms with Crippen molar-refractivity contribution in [2.45, 2.75) is 103 Å². The van der Waals surface area contributed by atoms with E-state index in [-0.39, 0.29) is 43.7 Å². The third-order valence-corrected chi connectivity index (χ3v) is 7.36. The van der Waals surface area contributed by atoms with Gasteiger partial charge in [0.25, 0.3) is 0 Å². The van der Waals surface area contributed by atoms with E-state index in [4.69, 9.17) is 22.3 Å². The van der Waals surface area contributed by atoms with Crippen molar-refractivity contribution in [1.29, 1.82) is 0 Å². The summed E-state index contributed by atoms with van der Waals surface area (Å²) in [5.74, 6) is -4.36. The maximum absolute atomic E-state index is 13.8. The number of nitrogens with one attached hydrogen (secondary N) is 4. The van der Waals surface area contributed by atoms with Gasteiger partial charge in [-0.2, -0.15) is 0 Å². The molecule has 0 unspecified atom stereocenters. The molecule has 6 atom stereocenters. The normalized spacial score (nSPS) is 17.9. The Bertz CT molecular complexity index is 1050. The zero-order valence-corrected chi connectivity index (χ0v) is 26.4. The Morgan fingerprint density at radius 2 is 1.61 bits per heavy atom. The summed E-state index contributed by atoms with van der Waals surface area (Å²) in [7, 11) is 0. The number of likely N-dealkylation sites (tertiary alicyclic amines) is 1. The third-order valence-electron chi connectivity index (χ3n) is 7.36. The van der Waals surface area contributed by atoms with Crippen LogP contribution < -0.4 is 38.5 Å². The van der Waals surface area contributed by atoms with Crippen molar-refractivity contribution in [2.24, 2.45) is 34.0 Å². The molecule has 0 aromatic rings. The van der Waals surface area contributed by atoms with Gasteiger partial charge < -0.3 is 48.5 Å². The molecule has 1 aliphatic rings. The Morgan fingerprint density at radius 3 is 2.16 bits per heavy atom. The van der Waals surface area contributed by atoms with Gasteiger partial charge in [-0.05, 0) is 50.9 Å². The fourth-order valence-electron chi connectivity index (χ4n) is 4.77. The zero-order valence-electron chi connectivity index (χ0n) is 26.4. The number of carbonyl (C=O) groups excluding carboxylic acids is 5. The minimum atomic E-state index is -1.25. The van der Waals surface area contributed by atoms with Crippen molar-refractivity contribution in [3.05, 3.63) is 0 Å². The lowest BCUT2D eigenvalue weighted by Crippen LogP contribution is -2.59. The molecule has 0 aliphatic carbocycles. The van der Waals surface area contributed by atoms with Crippen LogP contribution in [-0.2, 0) is 28.8 Å². The van der Waals surface area contributed by atoms with Crippen LogP contribution in [0.2, 0.25) is 0 Å². The molecule has 1 rings (SSSR count). The van der Waals surface area contributed by atoms with Crippen molar-refractivity contribution in [3.63, 3.8) is 0 Å². The number of rotatable bonds is 18. The van der Waals surface area contributed by atoms with Crippen LogP contribution in [0.3, 0.4) is 0 Å². The molecule has 1 heterocycles. The number of aliphatic imine (C=N–C) groups is 1. The van der Waals surface area contributed by atoms with E-state index in [1.54, 1.807) is 0 Å². The third kappa shape index (κ3) is 12.7. The number of nitrogens with two attached hydrogens (primary N) is 3. The van der Waals surface area contributed by atoms with Gasteiger partial charge in [-0.25, -0.2) is 0 Å². The first-order valence-corrected chi connectivity index (χ1v) is 15.1. The maximum atomic E-state index is 13.8. The molecule has 0 spiro atoms. The van der Waals surface area contributed by atoms with E-state index in [1.165, 1.54) is 11.8 Å². The molecule has 0 radical (unpaired) electrons. The second-order valence-electron chi connectivity index (χ2n) is 11.7. The molecule has 11 N–H and O–H groups in total. The monoisotopic (exact) mass is 625 g/mol. The molecule has 0 saturated carbocycles. The highest BCUT2D eigenvalue weighted by Crippen LogP contribution is 2.21. The molecule has 0 aromatic heterocycles. The van der Waals surface area contributed by atoms with E-state index in [2.05, 4.69) is 26.3 Å². The molecular formula is C28H51N9O7. The molecule has 0 bridgehead atoms. The first-order valence-electron chi connectivity index (χ1n) is 15.1. The smallest absolute Gasteiger partial charge is 0.322 e. The molecule has 1 saturated heterocycles. The first kappa shape index (κ1) is 38.1. The predicted octanol–water partition coefficient (Wildman–Crippen LogP) is -1.87. The fraction of sp³-hybridized carbons (Fsp3) is 0.750. The van der Waals surface area contributed by atoms with Gasteiger partial charge in [0.05, 0.1) is 6.04 Å². The van der Waals surface area contributed by atoms with Gasteiger partial charge in [-0.1, -0.05) is 34.1 Å². The largest absolute Gasteiger partial charge is 0.480 e. The Kier molecular flexibility index (Phi) is 16.1. The molecule has 5 amide bonds. The summed E-state index contributed by atoms with van der Waals surface area (Å²) in [6, 6.07) is -4.71. The lowest BCUT2D eigenvalue weighted by molar-refractivity contribution is -0.143. The van der Waals surface area contributed by atoms with Crippen LogP contribution in [0.5, 0.6) is 0 Å². The van der Waals surface area contributed by atoms with Crippen LogP contribution in [0.15, 0.2) is 4.99 Å². The van der Waals surface area contributed by atoms with Gasteiger partial charge in [0.2, 0.25) is 29.5 Å². The topological polar surface area (TPSA) is 264 Å². The molecule has 1 aliphatic heterocycles. The van der Waals surface area contributed by atoms with Gasteiger partial charge in [0.1, 0.15) is 30.7 Å². The van der Waals surface area contributed by atoms with E-state index in [1.807, 2.05) is 27.7 Å². The minimum Gasteiger partial charge on any atom is -0.480 e. The molecule has 0 aromatic carbocycles. The van der Waals surface area contributed by atoms with E-state index in [0.717, 1.165) is 0 Å². The van der Waals surface area contributed by atoms with Crippen LogP contribution in [0, 0.1) is 11.8 Å². The Labute approximate surface area is 258 Å². The fourth-order valence-corrected chi connectivity index (χ4v) is 4.77. The number of hydrogen-bond acceptors (Lipinski definition) is 8. The number of amides is 5. The second-order valence-corrected chi connectivity index (χ2v) is 11.7. The number of carboxylic acids is 1. The number of guanidine groups is 1. The minimum absolute atomic E-state index is 0.00682. The van der Waals surface area contributed by atoms with E-state index in [0.29, 0.717) is 25.7 Å². The zero-order chi connectivity index (χ0) is 33.6. The highest BCUT2D eigenvalue weighted by Gasteiger charge is 2.40. The van der Waals surface area contributed by atoms with Crippen LogP contribution in [-0.4, -0.2) is 101 Å². The summed E-state index contributed by atoms with van der Waals surface area (Å²) in [6.07, 6.45) is 2.15. The summed E-state index contributed by atoms with van der Waals surface area (Å²) in [6.45, 7) is 8.81. The van der Waals surface area contributed by atoms with Crippen LogP contribution in [0.25, 0.3) is 0 Å². The van der Waals surface area contributed by atoms with Gasteiger partial charge >= 0.3 is 5.97 Å². The average molecular weight is 626 g/mol. The van der Waals surface area contributed by atoms with Crippen LogP contribution in [0.4, 0.5) is 0 Å². The van der Waals surface area contributed by atoms with Crippen LogP contribution >= 0.6 is 0 Å². The van der Waals surface area contributed by atoms with Crippen molar-refractivity contribution >= 4 is 41.5 Å². The SMILES string of the molecule is CC[C@H](C)[C@H](NC(=O)[C@H](C)N)C(=O)N[C@@H](CC(C)C)C(=O)N1CCC[C@H]1C(=O)N[C@@H](CCCN=C(N)N)C(=O)NCC(=O)O. The summed E-state index contributed by atoms with van der Waals surface area (Å²) in [4.78, 5) is 81.9. The maximum Gasteiger partial charge on any atom is 0.322 e. The average Bonchev–Trinajstić information content (AvgIpc) is 3.44. The number of hydrogen-bond donors (Lipinski definition) is 8. The number of aliphatic carboxylic acids is 1. The van der Waals surface area contributed by atoms with E-state index < -0.39 is 72.3 Å². The summed E-state index contributed by atoms with van der Waals surface area (Å²) < 4.78 is 0. The van der Waals surface area contributed by atoms with Crippen molar-refractivity contribution in [1.82, 2.24) is 26.2 Å². The highest BCUT2D eigenvalue weighted by atomic mass is 16.4. The Morgan fingerprint density at radius 1 is 0.955 bits per heavy atom.